The van der Waals surface area contributed by atoms with Gasteiger partial charge in [-0.1, -0.05) is 30.3 Å². The van der Waals surface area contributed by atoms with Crippen molar-refractivity contribution in [1.29, 1.82) is 0 Å². The normalized spacial score (nSPS) is 19.2. The minimum Gasteiger partial charge on any atom is -0.324 e. The lowest BCUT2D eigenvalue weighted by molar-refractivity contribution is -0.133. The zero-order valence-electron chi connectivity index (χ0n) is 15.3. The first-order valence-electron chi connectivity index (χ1n) is 8.49. The molecule has 0 aliphatic carbocycles. The van der Waals surface area contributed by atoms with Crippen LogP contribution in [-0.2, 0) is 15.1 Å². The van der Waals surface area contributed by atoms with Gasteiger partial charge < -0.3 is 10.6 Å². The Morgan fingerprint density at radius 2 is 1.85 bits per heavy atom. The van der Waals surface area contributed by atoms with Gasteiger partial charge >= 0.3 is 6.03 Å². The number of hydrogen-bond acceptors (Lipinski definition) is 3. The van der Waals surface area contributed by atoms with E-state index in [-0.39, 0.29) is 5.56 Å². The lowest BCUT2D eigenvalue weighted by Gasteiger charge is -2.22. The fourth-order valence-electron chi connectivity index (χ4n) is 3.11. The zero-order valence-corrected chi connectivity index (χ0v) is 15.3. The van der Waals surface area contributed by atoms with Gasteiger partial charge in [0, 0.05) is 11.3 Å². The first-order valence-corrected chi connectivity index (χ1v) is 8.49. The van der Waals surface area contributed by atoms with Crippen molar-refractivity contribution in [3.63, 3.8) is 0 Å². The monoisotopic (exact) mass is 369 g/mol. The lowest BCUT2D eigenvalue weighted by atomic mass is 9.91. The largest absolute Gasteiger partial charge is 0.325 e. The van der Waals surface area contributed by atoms with Gasteiger partial charge in [-0.3, -0.25) is 14.5 Å². The van der Waals surface area contributed by atoms with Gasteiger partial charge in [0.05, 0.1) is 0 Å². The molecule has 1 aliphatic heterocycles. The molecule has 0 bridgehead atoms. The summed E-state index contributed by atoms with van der Waals surface area (Å²) >= 11 is 0. The highest BCUT2D eigenvalue weighted by atomic mass is 19.1. The van der Waals surface area contributed by atoms with Crippen molar-refractivity contribution in [1.82, 2.24) is 10.2 Å². The number of aryl methyl sites for hydroxylation is 1. The number of benzene rings is 2. The summed E-state index contributed by atoms with van der Waals surface area (Å²) in [5.41, 5.74) is 1.03. The molecule has 0 unspecified atom stereocenters. The van der Waals surface area contributed by atoms with Crippen molar-refractivity contribution >= 4 is 23.5 Å². The Bertz CT molecular complexity index is 944. The summed E-state index contributed by atoms with van der Waals surface area (Å²) < 4.78 is 14.1. The number of nitrogens with one attached hydrogen (secondary N) is 2. The number of amides is 4. The second-order valence-corrected chi connectivity index (χ2v) is 6.72. The topological polar surface area (TPSA) is 78.5 Å². The molecule has 1 atom stereocenters. The van der Waals surface area contributed by atoms with Gasteiger partial charge in [0.15, 0.2) is 0 Å². The van der Waals surface area contributed by atoms with Crippen LogP contribution in [0.2, 0.25) is 0 Å². The van der Waals surface area contributed by atoms with Crippen molar-refractivity contribution in [3.05, 3.63) is 65.0 Å². The maximum Gasteiger partial charge on any atom is 0.325 e. The third kappa shape index (κ3) is 3.28. The number of carbonyl (C=O) groups excluding carboxylic acids is 3. The van der Waals surface area contributed by atoms with E-state index >= 15 is 0 Å². The summed E-state index contributed by atoms with van der Waals surface area (Å²) in [6, 6.07) is 10.5. The van der Waals surface area contributed by atoms with E-state index in [2.05, 4.69) is 10.6 Å². The van der Waals surface area contributed by atoms with Crippen LogP contribution < -0.4 is 10.6 Å². The smallest absolute Gasteiger partial charge is 0.324 e. The van der Waals surface area contributed by atoms with Crippen molar-refractivity contribution in [3.8, 4) is 0 Å². The van der Waals surface area contributed by atoms with Crippen LogP contribution in [0, 0.1) is 19.7 Å². The minimum atomic E-state index is -1.55. The van der Waals surface area contributed by atoms with E-state index < -0.39 is 35.7 Å². The molecule has 1 heterocycles. The number of carbonyl (C=O) groups is 3. The zero-order chi connectivity index (χ0) is 19.8. The molecule has 4 amide bonds. The Hall–Kier alpha value is -3.22. The maximum atomic E-state index is 14.1. The SMILES string of the molecule is Cc1cccc(NC(=O)CN2C(=O)N[C@@](C)(c3ccccc3F)C2=O)c1C. The van der Waals surface area contributed by atoms with Gasteiger partial charge in [-0.2, -0.15) is 0 Å². The van der Waals surface area contributed by atoms with E-state index in [1.165, 1.54) is 25.1 Å². The van der Waals surface area contributed by atoms with Gasteiger partial charge in [-0.05, 0) is 44.0 Å². The highest BCUT2D eigenvalue weighted by Crippen LogP contribution is 2.30. The van der Waals surface area contributed by atoms with Crippen LogP contribution in [0.25, 0.3) is 0 Å². The fraction of sp³-hybridized carbons (Fsp3) is 0.250. The molecule has 1 aliphatic rings. The van der Waals surface area contributed by atoms with Crippen LogP contribution in [0.1, 0.15) is 23.6 Å². The van der Waals surface area contributed by atoms with E-state index in [9.17, 15) is 18.8 Å². The molecule has 27 heavy (non-hydrogen) atoms. The Morgan fingerprint density at radius 3 is 2.56 bits per heavy atom. The van der Waals surface area contributed by atoms with E-state index in [1.807, 2.05) is 19.9 Å². The average Bonchev–Trinajstić information content (AvgIpc) is 2.83. The molecule has 7 heteroatoms. The lowest BCUT2D eigenvalue weighted by Crippen LogP contribution is -2.42. The highest BCUT2D eigenvalue weighted by molar-refractivity contribution is 6.10. The summed E-state index contributed by atoms with van der Waals surface area (Å²) in [6.07, 6.45) is 0. The number of rotatable bonds is 4. The molecule has 2 aromatic carbocycles. The molecule has 140 valence electrons. The summed E-state index contributed by atoms with van der Waals surface area (Å²) in [7, 11) is 0. The molecule has 3 rings (SSSR count). The molecule has 0 spiro atoms. The molecule has 0 saturated carbocycles. The number of imide groups is 1. The first kappa shape index (κ1) is 18.6. The predicted octanol–water partition coefficient (Wildman–Crippen LogP) is 2.85. The first-order chi connectivity index (χ1) is 12.7. The Morgan fingerprint density at radius 1 is 1.15 bits per heavy atom. The van der Waals surface area contributed by atoms with E-state index in [0.29, 0.717) is 5.69 Å². The second kappa shape index (κ2) is 6.83. The van der Waals surface area contributed by atoms with Crippen LogP contribution >= 0.6 is 0 Å². The predicted molar refractivity (Wildman–Crippen MR) is 98.5 cm³/mol. The molecule has 0 radical (unpaired) electrons. The average molecular weight is 369 g/mol. The van der Waals surface area contributed by atoms with Crippen molar-refractivity contribution in [2.45, 2.75) is 26.3 Å². The number of halogens is 1. The van der Waals surface area contributed by atoms with E-state index in [1.54, 1.807) is 18.2 Å². The summed E-state index contributed by atoms with van der Waals surface area (Å²) in [5, 5.41) is 5.21. The minimum absolute atomic E-state index is 0.0563. The molecular weight excluding hydrogens is 349 g/mol. The molecule has 6 nitrogen and oxygen atoms in total. The van der Waals surface area contributed by atoms with Crippen LogP contribution in [0.15, 0.2) is 42.5 Å². The van der Waals surface area contributed by atoms with Crippen LogP contribution in [0.3, 0.4) is 0 Å². The van der Waals surface area contributed by atoms with Gasteiger partial charge in [0.1, 0.15) is 17.9 Å². The van der Waals surface area contributed by atoms with E-state index in [4.69, 9.17) is 0 Å². The number of hydrogen-bond donors (Lipinski definition) is 2. The molecule has 2 N–H and O–H groups in total. The van der Waals surface area contributed by atoms with Crippen molar-refractivity contribution < 1.29 is 18.8 Å². The quantitative estimate of drug-likeness (QED) is 0.814. The number of urea groups is 1. The van der Waals surface area contributed by atoms with Gasteiger partial charge in [0.2, 0.25) is 5.91 Å². The summed E-state index contributed by atoms with van der Waals surface area (Å²) in [4.78, 5) is 38.3. The number of anilines is 1. The van der Waals surface area contributed by atoms with Crippen LogP contribution in [0.5, 0.6) is 0 Å². The van der Waals surface area contributed by atoms with Crippen LogP contribution in [0.4, 0.5) is 14.9 Å². The van der Waals surface area contributed by atoms with Gasteiger partial charge in [0.25, 0.3) is 5.91 Å². The standard InChI is InChI=1S/C20H20FN3O3/c1-12-7-6-10-16(13(12)2)22-17(25)11-24-18(26)20(3,23-19(24)27)14-8-4-5-9-15(14)21/h4-10H,11H2,1-3H3,(H,22,25)(H,23,27)/t20-/m0/s1. The Labute approximate surface area is 156 Å². The van der Waals surface area contributed by atoms with E-state index in [0.717, 1.165) is 16.0 Å². The van der Waals surface area contributed by atoms with Crippen LogP contribution in [-0.4, -0.2) is 29.3 Å². The molecule has 1 fully saturated rings. The highest BCUT2D eigenvalue weighted by Gasteiger charge is 2.50. The molecule has 0 aromatic heterocycles. The Kier molecular flexibility index (Phi) is 4.70. The maximum absolute atomic E-state index is 14.1. The second-order valence-electron chi connectivity index (χ2n) is 6.72. The summed E-state index contributed by atoms with van der Waals surface area (Å²) in [5.74, 6) is -1.78. The molecule has 1 saturated heterocycles. The molecule has 2 aromatic rings. The van der Waals surface area contributed by atoms with Crippen molar-refractivity contribution in [2.24, 2.45) is 0 Å². The third-order valence-corrected chi connectivity index (χ3v) is 4.87. The Balaban J connectivity index is 1.79. The fourth-order valence-corrected chi connectivity index (χ4v) is 3.11. The summed E-state index contributed by atoms with van der Waals surface area (Å²) in [6.45, 7) is 4.76. The van der Waals surface area contributed by atoms with Crippen molar-refractivity contribution in [2.75, 3.05) is 11.9 Å². The molecular formula is C20H20FN3O3. The third-order valence-electron chi connectivity index (χ3n) is 4.87. The number of nitrogens with zero attached hydrogens (tertiary/aromatic N) is 1. The van der Waals surface area contributed by atoms with Gasteiger partial charge in [-0.25, -0.2) is 9.18 Å². The van der Waals surface area contributed by atoms with Gasteiger partial charge in [-0.15, -0.1) is 0 Å².